The van der Waals surface area contributed by atoms with Crippen LogP contribution in [0.2, 0.25) is 0 Å². The molecule has 7 heterocycles. The summed E-state index contributed by atoms with van der Waals surface area (Å²) < 4.78 is 8.29. The zero-order chi connectivity index (χ0) is 22.3. The molecule has 0 N–H and O–H groups in total. The topological polar surface area (TPSA) is 17.3 Å². The van der Waals surface area contributed by atoms with Crippen LogP contribution in [0.1, 0.15) is 0 Å². The third kappa shape index (κ3) is 1.82. The van der Waals surface area contributed by atoms with E-state index in [2.05, 4.69) is 104 Å². The molecular formula is C24H13B7N2P2-. The molecule has 2 nitrogen and oxygen atoms in total. The van der Waals surface area contributed by atoms with Gasteiger partial charge in [-0.05, 0) is 0 Å². The Morgan fingerprint density at radius 1 is 0.857 bits per heavy atom. The second-order valence-electron chi connectivity index (χ2n) is 11.3. The molecule has 0 saturated carbocycles. The van der Waals surface area contributed by atoms with Crippen molar-refractivity contribution in [3.05, 3.63) is 78.9 Å². The Kier molecular flexibility index (Phi) is 2.67. The summed E-state index contributed by atoms with van der Waals surface area (Å²) in [5.74, 6) is 0. The fourth-order valence-corrected chi connectivity index (χ4v) is 16.6. The zero-order valence-corrected chi connectivity index (χ0v) is 20.6. The third-order valence-corrected chi connectivity index (χ3v) is 18.1. The molecule has 4 fully saturated rings. The number of hydrogen-bond donors (Lipinski definition) is 0. The Bertz CT molecular complexity index is 1950. The predicted octanol–water partition coefficient (Wildman–Crippen LogP) is 2.39. The Balaban J connectivity index is 1.32. The van der Waals surface area contributed by atoms with Crippen LogP contribution in [0.3, 0.4) is 0 Å². The SMILES string of the molecule is [B]1B2[B-]P12(N=[P+]1B2[B-]B21)c1cc2c3c(c1)c1ccccc1n3-c1cccc3c1B2c1ccccc1-3. The number of aromatic nitrogens is 1. The number of rotatable bonds is 2. The van der Waals surface area contributed by atoms with Crippen LogP contribution >= 0.6 is 13.9 Å². The van der Waals surface area contributed by atoms with E-state index in [1.165, 1.54) is 55.0 Å². The van der Waals surface area contributed by atoms with Crippen molar-refractivity contribution in [2.45, 2.75) is 0 Å². The van der Waals surface area contributed by atoms with Crippen LogP contribution in [0.15, 0.2) is 83.4 Å². The van der Waals surface area contributed by atoms with E-state index >= 15 is 0 Å². The first-order valence-corrected chi connectivity index (χ1v) is 16.5. The van der Waals surface area contributed by atoms with E-state index in [1.54, 1.807) is 5.30 Å². The van der Waals surface area contributed by atoms with Gasteiger partial charge in [-0.15, -0.1) is 0 Å². The molecule has 4 aromatic carbocycles. The minimum atomic E-state index is -2.22. The summed E-state index contributed by atoms with van der Waals surface area (Å²) in [7, 11) is 2.43. The fraction of sp³-hybridized carbons (Fsp3) is 0. The third-order valence-electron chi connectivity index (χ3n) is 9.64. The molecule has 6 aliphatic rings. The number of nitrogens with zero attached hydrogens (tertiary/aromatic N) is 2. The number of hydrogen-bond acceptors (Lipinski definition) is 1. The van der Waals surface area contributed by atoms with Crippen LogP contribution in [0.25, 0.3) is 38.6 Å². The van der Waals surface area contributed by atoms with E-state index in [4.69, 9.17) is 4.52 Å². The van der Waals surface area contributed by atoms with Crippen molar-refractivity contribution in [3.8, 4) is 16.8 Å². The van der Waals surface area contributed by atoms with Crippen LogP contribution < -0.4 is 21.7 Å². The van der Waals surface area contributed by atoms with Gasteiger partial charge in [0, 0.05) is 0 Å². The predicted molar refractivity (Wildman–Crippen MR) is 161 cm³/mol. The van der Waals surface area contributed by atoms with E-state index < -0.39 is 6.39 Å². The van der Waals surface area contributed by atoms with Crippen molar-refractivity contribution < 1.29 is 0 Å². The van der Waals surface area contributed by atoms with E-state index in [0.29, 0.717) is 12.9 Å². The summed E-state index contributed by atoms with van der Waals surface area (Å²) in [4.78, 5) is 0. The van der Waals surface area contributed by atoms with Gasteiger partial charge in [-0.25, -0.2) is 0 Å². The Morgan fingerprint density at radius 2 is 1.66 bits per heavy atom. The van der Waals surface area contributed by atoms with Crippen molar-refractivity contribution >= 4 is 104 Å². The molecule has 5 radical (unpaired) electrons. The van der Waals surface area contributed by atoms with Gasteiger partial charge >= 0.3 is 208 Å². The quantitative estimate of drug-likeness (QED) is 0.275. The standard InChI is InChI=1S/C24H13B7N2P2/c1-3-9-19-15(6-1)17-8-5-11-22-23(17)28(19)20-13-14(35(26-29(35)27-35)32-34-30-25-31(30)34)12-18-16-7-2-4-10-21(16)33(22)24(18)20/h1-13H/q-1. The van der Waals surface area contributed by atoms with E-state index in [1.807, 2.05) is 0 Å². The number of fused-ring (bicyclic) bond motifs is 10. The Hall–Kier alpha value is -2.34. The average molecular weight is 467 g/mol. The van der Waals surface area contributed by atoms with Gasteiger partial charge in [0.2, 0.25) is 0 Å². The number of para-hydroxylation sites is 1. The second-order valence-corrected chi connectivity index (χ2v) is 18.2. The van der Waals surface area contributed by atoms with Crippen LogP contribution in [0.5, 0.6) is 0 Å². The minimum absolute atomic E-state index is 0.0722. The second kappa shape index (κ2) is 5.20. The van der Waals surface area contributed by atoms with Gasteiger partial charge < -0.3 is 0 Å². The molecule has 1 aromatic heterocycles. The molecule has 0 bridgehead atoms. The summed E-state index contributed by atoms with van der Waals surface area (Å²) in [6.07, 6.45) is 0.180. The molecule has 0 amide bonds. The van der Waals surface area contributed by atoms with Gasteiger partial charge in [0.25, 0.3) is 0 Å². The summed E-state index contributed by atoms with van der Waals surface area (Å²) in [5.41, 5.74) is 11.4. The van der Waals surface area contributed by atoms with E-state index in [9.17, 15) is 0 Å². The Labute approximate surface area is 207 Å². The summed E-state index contributed by atoms with van der Waals surface area (Å²) in [6.45, 7) is 5.59. The zero-order valence-electron chi connectivity index (χ0n) is 18.8. The molecule has 0 unspecified atom stereocenters. The van der Waals surface area contributed by atoms with Crippen molar-refractivity contribution in [2.75, 3.05) is 0 Å². The van der Waals surface area contributed by atoms with Crippen molar-refractivity contribution in [1.29, 1.82) is 0 Å². The summed E-state index contributed by atoms with van der Waals surface area (Å²) in [6, 6.07) is 30.2. The summed E-state index contributed by atoms with van der Waals surface area (Å²) >= 11 is 0. The molecule has 0 atom stereocenters. The van der Waals surface area contributed by atoms with Gasteiger partial charge in [0.15, 0.2) is 0 Å². The van der Waals surface area contributed by atoms with Crippen LogP contribution in [-0.4, -0.2) is 50.8 Å². The fourth-order valence-electron chi connectivity index (χ4n) is 7.51. The van der Waals surface area contributed by atoms with Crippen molar-refractivity contribution in [2.24, 2.45) is 4.52 Å². The van der Waals surface area contributed by atoms with Crippen LogP contribution in [-0.2, 0) is 0 Å². The number of benzene rings is 4. The normalized spacial score (nSPS) is 22.1. The first-order valence-electron chi connectivity index (χ1n) is 12.7. The molecule has 151 valence electrons. The average Bonchev–Trinajstić information content (AvgIpc) is 3.82. The first-order chi connectivity index (χ1) is 17.3. The van der Waals surface area contributed by atoms with E-state index in [-0.39, 0.29) is 7.47 Å². The molecular weight excluding hydrogens is 454 g/mol. The van der Waals surface area contributed by atoms with Gasteiger partial charge in [0.05, 0.1) is 0 Å². The van der Waals surface area contributed by atoms with E-state index in [0.717, 1.165) is 12.4 Å². The van der Waals surface area contributed by atoms with Crippen LogP contribution in [0.4, 0.5) is 0 Å². The van der Waals surface area contributed by atoms with Gasteiger partial charge in [-0.3, -0.25) is 0 Å². The molecule has 5 aromatic rings. The summed E-state index contributed by atoms with van der Waals surface area (Å²) in [5, 5.41) is 4.34. The van der Waals surface area contributed by atoms with Crippen molar-refractivity contribution in [3.63, 3.8) is 0 Å². The monoisotopic (exact) mass is 468 g/mol. The molecule has 11 rings (SSSR count). The van der Waals surface area contributed by atoms with Gasteiger partial charge in [-0.1, -0.05) is 0 Å². The van der Waals surface area contributed by atoms with Crippen molar-refractivity contribution in [1.82, 2.24) is 4.57 Å². The van der Waals surface area contributed by atoms with Crippen LogP contribution in [0, 0.1) is 0 Å². The maximum absolute atomic E-state index is 5.72. The van der Waals surface area contributed by atoms with Gasteiger partial charge in [0.1, 0.15) is 0 Å². The molecule has 0 spiro atoms. The van der Waals surface area contributed by atoms with Gasteiger partial charge in [-0.2, -0.15) is 0 Å². The molecule has 11 heteroatoms. The molecule has 6 aliphatic heterocycles. The molecule has 35 heavy (non-hydrogen) atoms. The maximum atomic E-state index is 5.72. The first kappa shape index (κ1) is 18.0. The molecule has 4 saturated heterocycles. The Morgan fingerprint density at radius 3 is 2.49 bits per heavy atom. The molecule has 0 aliphatic carbocycles.